The van der Waals surface area contributed by atoms with E-state index in [1.165, 1.54) is 12.1 Å². The minimum Gasteiger partial charge on any atom is -0.493 e. The van der Waals surface area contributed by atoms with Crippen molar-refractivity contribution in [3.63, 3.8) is 0 Å². The lowest BCUT2D eigenvalue weighted by atomic mass is 10.1. The highest BCUT2D eigenvalue weighted by Gasteiger charge is 2.31. The number of benzene rings is 1. The summed E-state index contributed by atoms with van der Waals surface area (Å²) in [6.07, 6.45) is 2.97. The predicted octanol–water partition coefficient (Wildman–Crippen LogP) is 3.14. The van der Waals surface area contributed by atoms with Gasteiger partial charge in [-0.2, -0.15) is 5.10 Å². The van der Waals surface area contributed by atoms with Crippen molar-refractivity contribution in [1.82, 2.24) is 19.6 Å². The zero-order chi connectivity index (χ0) is 20.1. The van der Waals surface area contributed by atoms with Gasteiger partial charge in [-0.3, -0.25) is 9.48 Å². The van der Waals surface area contributed by atoms with E-state index in [4.69, 9.17) is 4.74 Å². The summed E-state index contributed by atoms with van der Waals surface area (Å²) in [6, 6.07) is 8.23. The number of hydrogen-bond acceptors (Lipinski definition) is 4. The monoisotopic (exact) mass is 388 g/mol. The molecule has 0 aliphatic carbocycles. The minimum absolute atomic E-state index is 0.0544. The average Bonchev–Trinajstić information content (AvgIpc) is 3.25. The number of rotatable bonds is 8. The molecule has 0 unspecified atom stereocenters. The van der Waals surface area contributed by atoms with Crippen LogP contribution in [0.4, 0.5) is 4.39 Å². The molecule has 6 nitrogen and oxygen atoms in total. The molecule has 1 aliphatic heterocycles. The largest absolute Gasteiger partial charge is 0.493 e. The Balaban J connectivity index is 1.53. The lowest BCUT2D eigenvalue weighted by molar-refractivity contribution is -0.132. The van der Waals surface area contributed by atoms with Crippen LogP contribution in [0.25, 0.3) is 0 Å². The van der Waals surface area contributed by atoms with Gasteiger partial charge in [0, 0.05) is 32.6 Å². The molecule has 2 heterocycles. The molecule has 1 aromatic carbocycles. The zero-order valence-electron chi connectivity index (χ0n) is 16.9. The maximum absolute atomic E-state index is 13.2. The SMILES string of the molecule is CN(C)Cc1cc([C@H]2CCCN2C(=O)CCCOc2cccc(F)c2)nn1C. The van der Waals surface area contributed by atoms with Crippen molar-refractivity contribution in [2.24, 2.45) is 7.05 Å². The number of carbonyl (C=O) groups excluding carboxylic acids is 1. The van der Waals surface area contributed by atoms with Crippen LogP contribution in [0, 0.1) is 5.82 Å². The van der Waals surface area contributed by atoms with Crippen molar-refractivity contribution in [3.05, 3.63) is 47.5 Å². The van der Waals surface area contributed by atoms with Crippen LogP contribution in [0.2, 0.25) is 0 Å². The predicted molar refractivity (Wildman–Crippen MR) is 105 cm³/mol. The first-order valence-corrected chi connectivity index (χ1v) is 9.79. The van der Waals surface area contributed by atoms with Gasteiger partial charge in [-0.05, 0) is 51.6 Å². The average molecular weight is 388 g/mol. The van der Waals surface area contributed by atoms with Crippen molar-refractivity contribution in [2.75, 3.05) is 27.2 Å². The van der Waals surface area contributed by atoms with Crippen LogP contribution in [0.3, 0.4) is 0 Å². The number of aromatic nitrogens is 2. The molecule has 152 valence electrons. The van der Waals surface area contributed by atoms with Crippen LogP contribution in [0.15, 0.2) is 30.3 Å². The van der Waals surface area contributed by atoms with Crippen LogP contribution in [0.5, 0.6) is 5.75 Å². The second-order valence-corrected chi connectivity index (χ2v) is 7.58. The van der Waals surface area contributed by atoms with Crippen molar-refractivity contribution < 1.29 is 13.9 Å². The summed E-state index contributed by atoms with van der Waals surface area (Å²) >= 11 is 0. The Bertz CT molecular complexity index is 805. The molecule has 2 aromatic rings. The Labute approximate surface area is 165 Å². The van der Waals surface area contributed by atoms with Gasteiger partial charge in [0.05, 0.1) is 24.0 Å². The third kappa shape index (κ3) is 5.10. The van der Waals surface area contributed by atoms with E-state index in [1.54, 1.807) is 12.1 Å². The Hall–Kier alpha value is -2.41. The third-order valence-corrected chi connectivity index (χ3v) is 4.99. The van der Waals surface area contributed by atoms with Crippen LogP contribution < -0.4 is 4.74 Å². The summed E-state index contributed by atoms with van der Waals surface area (Å²) in [7, 11) is 6.02. The van der Waals surface area contributed by atoms with E-state index in [0.717, 1.165) is 37.3 Å². The summed E-state index contributed by atoms with van der Waals surface area (Å²) in [4.78, 5) is 16.8. The van der Waals surface area contributed by atoms with Gasteiger partial charge in [-0.1, -0.05) is 6.07 Å². The number of likely N-dealkylation sites (tertiary alicyclic amines) is 1. The van der Waals surface area contributed by atoms with Crippen LogP contribution >= 0.6 is 0 Å². The first-order valence-electron chi connectivity index (χ1n) is 9.79. The highest BCUT2D eigenvalue weighted by Crippen LogP contribution is 2.32. The molecule has 0 spiro atoms. The first-order chi connectivity index (χ1) is 13.4. The van der Waals surface area contributed by atoms with E-state index >= 15 is 0 Å². The lowest BCUT2D eigenvalue weighted by Crippen LogP contribution is -2.30. The number of carbonyl (C=O) groups is 1. The van der Waals surface area contributed by atoms with Gasteiger partial charge in [0.1, 0.15) is 11.6 Å². The molecule has 1 fully saturated rings. The number of hydrogen-bond donors (Lipinski definition) is 0. The maximum Gasteiger partial charge on any atom is 0.223 e. The molecule has 7 heteroatoms. The molecule has 1 amide bonds. The first kappa shape index (κ1) is 20.3. The normalized spacial score (nSPS) is 16.8. The molecule has 1 aliphatic rings. The molecule has 1 saturated heterocycles. The van der Waals surface area contributed by atoms with Gasteiger partial charge in [-0.25, -0.2) is 4.39 Å². The highest BCUT2D eigenvalue weighted by molar-refractivity contribution is 5.77. The van der Waals surface area contributed by atoms with Crippen molar-refractivity contribution in [3.8, 4) is 5.75 Å². The van der Waals surface area contributed by atoms with E-state index < -0.39 is 0 Å². The summed E-state index contributed by atoms with van der Waals surface area (Å²) in [5.74, 6) is 0.302. The van der Waals surface area contributed by atoms with Crippen LogP contribution in [0.1, 0.15) is 43.1 Å². The van der Waals surface area contributed by atoms with Gasteiger partial charge in [0.25, 0.3) is 0 Å². The van der Waals surface area contributed by atoms with Gasteiger partial charge >= 0.3 is 0 Å². The second-order valence-electron chi connectivity index (χ2n) is 7.58. The summed E-state index contributed by atoms with van der Waals surface area (Å²) in [5, 5.41) is 4.66. The summed E-state index contributed by atoms with van der Waals surface area (Å²) in [5.41, 5.74) is 2.11. The van der Waals surface area contributed by atoms with Gasteiger partial charge in [-0.15, -0.1) is 0 Å². The van der Waals surface area contributed by atoms with Gasteiger partial charge in [0.15, 0.2) is 0 Å². The quantitative estimate of drug-likeness (QED) is 0.652. The number of nitrogens with zero attached hydrogens (tertiary/aromatic N) is 4. The molecular weight excluding hydrogens is 359 g/mol. The molecule has 3 rings (SSSR count). The topological polar surface area (TPSA) is 50.6 Å². The van der Waals surface area contributed by atoms with E-state index in [1.807, 2.05) is 30.7 Å². The molecule has 0 bridgehead atoms. The fourth-order valence-corrected chi connectivity index (χ4v) is 3.65. The van der Waals surface area contributed by atoms with Crippen molar-refractivity contribution >= 4 is 5.91 Å². The lowest BCUT2D eigenvalue weighted by Gasteiger charge is -2.23. The standard InChI is InChI=1S/C21H29FN4O2/c1-24(2)15-17-14-19(23-25(17)3)20-9-5-11-26(20)21(27)10-6-12-28-18-8-4-7-16(22)13-18/h4,7-8,13-14,20H,5-6,9-12,15H2,1-3H3/t20-/m1/s1. The molecule has 0 N–H and O–H groups in total. The maximum atomic E-state index is 13.2. The third-order valence-electron chi connectivity index (χ3n) is 4.99. The number of halogens is 1. The van der Waals surface area contributed by atoms with Crippen molar-refractivity contribution in [2.45, 2.75) is 38.3 Å². The zero-order valence-corrected chi connectivity index (χ0v) is 16.9. The Morgan fingerprint density at radius 3 is 2.93 bits per heavy atom. The van der Waals surface area contributed by atoms with E-state index in [2.05, 4.69) is 16.1 Å². The summed E-state index contributed by atoms with van der Waals surface area (Å²) in [6.45, 7) is 1.99. The second kappa shape index (κ2) is 9.19. The van der Waals surface area contributed by atoms with Crippen LogP contribution in [-0.4, -0.2) is 52.7 Å². The van der Waals surface area contributed by atoms with E-state index in [9.17, 15) is 9.18 Å². The Morgan fingerprint density at radius 2 is 2.18 bits per heavy atom. The van der Waals surface area contributed by atoms with Gasteiger partial charge < -0.3 is 14.5 Å². The molecule has 0 saturated carbocycles. The van der Waals surface area contributed by atoms with E-state index in [0.29, 0.717) is 25.2 Å². The molecule has 28 heavy (non-hydrogen) atoms. The fourth-order valence-electron chi connectivity index (χ4n) is 3.65. The Kier molecular flexibility index (Phi) is 6.67. The van der Waals surface area contributed by atoms with E-state index in [-0.39, 0.29) is 17.8 Å². The number of amides is 1. The molecule has 1 aromatic heterocycles. The highest BCUT2D eigenvalue weighted by atomic mass is 19.1. The fraction of sp³-hybridized carbons (Fsp3) is 0.524. The molecule has 1 atom stereocenters. The number of aryl methyl sites for hydroxylation is 1. The van der Waals surface area contributed by atoms with Gasteiger partial charge in [0.2, 0.25) is 5.91 Å². The van der Waals surface area contributed by atoms with Crippen LogP contribution in [-0.2, 0) is 18.4 Å². The van der Waals surface area contributed by atoms with Crippen molar-refractivity contribution in [1.29, 1.82) is 0 Å². The molecular formula is C21H29FN4O2. The molecule has 0 radical (unpaired) electrons. The Morgan fingerprint density at radius 1 is 1.36 bits per heavy atom. The smallest absolute Gasteiger partial charge is 0.223 e. The number of ether oxygens (including phenoxy) is 1. The minimum atomic E-state index is -0.322. The summed E-state index contributed by atoms with van der Waals surface area (Å²) < 4.78 is 20.6.